The highest BCUT2D eigenvalue weighted by Gasteiger charge is 2.11. The smallest absolute Gasteiger partial charge is 0.337 e. The molecule has 1 heterocycles. The van der Waals surface area contributed by atoms with Crippen molar-refractivity contribution in [1.29, 1.82) is 0 Å². The third kappa shape index (κ3) is 2.71. The molecule has 94 valence electrons. The van der Waals surface area contributed by atoms with E-state index in [1.807, 2.05) is 6.07 Å². The second-order valence-electron chi connectivity index (χ2n) is 3.70. The molecule has 0 atom stereocenters. The van der Waals surface area contributed by atoms with Gasteiger partial charge in [-0.1, -0.05) is 35.3 Å². The maximum atomic E-state index is 10.9. The lowest BCUT2D eigenvalue weighted by Gasteiger charge is -2.08. The predicted molar refractivity (Wildman–Crippen MR) is 74.7 cm³/mol. The second kappa shape index (κ2) is 5.34. The van der Waals surface area contributed by atoms with Crippen LogP contribution in [0.25, 0.3) is 0 Å². The molecule has 0 saturated heterocycles. The van der Waals surface area contributed by atoms with E-state index < -0.39 is 5.97 Å². The van der Waals surface area contributed by atoms with Crippen LogP contribution in [-0.4, -0.2) is 15.6 Å². The van der Waals surface area contributed by atoms with Crippen LogP contribution in [0.2, 0.25) is 10.0 Å². The van der Waals surface area contributed by atoms with Crippen molar-refractivity contribution in [2.24, 2.45) is 0 Å². The lowest BCUT2D eigenvalue weighted by Crippen LogP contribution is -2.00. The Morgan fingerprint density at radius 3 is 2.72 bits per heavy atom. The van der Waals surface area contributed by atoms with E-state index >= 15 is 0 Å². The highest BCUT2D eigenvalue weighted by molar-refractivity contribution is 9.10. The zero-order chi connectivity index (χ0) is 13.3. The largest absolute Gasteiger partial charge is 0.478 e. The number of carbonyl (C=O) groups is 1. The third-order valence-corrected chi connectivity index (χ3v) is 4.01. The Hall–Kier alpha value is -0.970. The Labute approximate surface area is 122 Å². The van der Waals surface area contributed by atoms with Gasteiger partial charge in [0.15, 0.2) is 0 Å². The highest BCUT2D eigenvalue weighted by atomic mass is 79.9. The first-order valence-corrected chi connectivity index (χ1v) is 6.56. The van der Waals surface area contributed by atoms with E-state index in [0.29, 0.717) is 21.2 Å². The van der Waals surface area contributed by atoms with E-state index in [4.69, 9.17) is 28.3 Å². The molecule has 0 radical (unpaired) electrons. The average Bonchev–Trinajstić information content (AvgIpc) is 2.67. The molecule has 1 N–H and O–H groups in total. The monoisotopic (exact) mass is 347 g/mol. The summed E-state index contributed by atoms with van der Waals surface area (Å²) in [5.41, 5.74) is 1.05. The van der Waals surface area contributed by atoms with Gasteiger partial charge in [0.25, 0.3) is 0 Å². The maximum Gasteiger partial charge on any atom is 0.337 e. The van der Waals surface area contributed by atoms with Gasteiger partial charge in [0.2, 0.25) is 0 Å². The Bertz CT molecular complexity index is 610. The minimum Gasteiger partial charge on any atom is -0.478 e. The molecule has 0 aliphatic rings. The molecule has 0 fully saturated rings. The molecule has 0 unspecified atom stereocenters. The lowest BCUT2D eigenvalue weighted by molar-refractivity contribution is 0.0697. The van der Waals surface area contributed by atoms with Crippen molar-refractivity contribution >= 4 is 45.1 Å². The van der Waals surface area contributed by atoms with Crippen LogP contribution in [-0.2, 0) is 6.54 Å². The molecular weight excluding hydrogens is 341 g/mol. The van der Waals surface area contributed by atoms with Crippen LogP contribution in [0.5, 0.6) is 0 Å². The van der Waals surface area contributed by atoms with Gasteiger partial charge in [-0.15, -0.1) is 0 Å². The van der Waals surface area contributed by atoms with Gasteiger partial charge in [-0.25, -0.2) is 4.79 Å². The van der Waals surface area contributed by atoms with Gasteiger partial charge in [-0.3, -0.25) is 0 Å². The molecule has 0 amide bonds. The van der Waals surface area contributed by atoms with Gasteiger partial charge in [0.1, 0.15) is 0 Å². The molecule has 2 aromatic rings. The first-order valence-electron chi connectivity index (χ1n) is 5.01. The molecule has 0 bridgehead atoms. The quantitative estimate of drug-likeness (QED) is 0.898. The number of aromatic nitrogens is 1. The number of carboxylic acid groups (broad SMARTS) is 1. The van der Waals surface area contributed by atoms with Crippen molar-refractivity contribution in [1.82, 2.24) is 4.57 Å². The fourth-order valence-corrected chi connectivity index (χ4v) is 2.42. The molecule has 18 heavy (non-hydrogen) atoms. The maximum absolute atomic E-state index is 10.9. The summed E-state index contributed by atoms with van der Waals surface area (Å²) in [5.74, 6) is -0.966. The van der Waals surface area contributed by atoms with Crippen molar-refractivity contribution in [3.05, 3.63) is 56.2 Å². The molecule has 1 aromatic heterocycles. The van der Waals surface area contributed by atoms with E-state index in [9.17, 15) is 4.79 Å². The summed E-state index contributed by atoms with van der Waals surface area (Å²) >= 11 is 15.3. The normalized spacial score (nSPS) is 10.6. The molecule has 3 nitrogen and oxygen atoms in total. The van der Waals surface area contributed by atoms with Crippen LogP contribution in [0.4, 0.5) is 0 Å². The Kier molecular flexibility index (Phi) is 4.00. The van der Waals surface area contributed by atoms with E-state index in [-0.39, 0.29) is 5.56 Å². The van der Waals surface area contributed by atoms with Crippen molar-refractivity contribution in [2.45, 2.75) is 6.54 Å². The number of aromatic carboxylic acids is 1. The van der Waals surface area contributed by atoms with Crippen LogP contribution in [0.3, 0.4) is 0 Å². The number of hydrogen-bond donors (Lipinski definition) is 1. The van der Waals surface area contributed by atoms with Crippen LogP contribution >= 0.6 is 39.1 Å². The fourth-order valence-electron chi connectivity index (χ4n) is 1.57. The van der Waals surface area contributed by atoms with Gasteiger partial charge < -0.3 is 9.67 Å². The average molecular weight is 349 g/mol. The summed E-state index contributed by atoms with van der Waals surface area (Å²) in [6.07, 6.45) is 1.55. The molecule has 0 spiro atoms. The Morgan fingerprint density at radius 1 is 1.39 bits per heavy atom. The molecule has 0 saturated carbocycles. The lowest BCUT2D eigenvalue weighted by atomic mass is 10.2. The predicted octanol–water partition coefficient (Wildman–Crippen LogP) is 4.30. The number of benzene rings is 1. The fraction of sp³-hybridized carbons (Fsp3) is 0.0833. The van der Waals surface area contributed by atoms with E-state index in [0.717, 1.165) is 5.56 Å². The minimum absolute atomic E-state index is 0.222. The number of hydrogen-bond acceptors (Lipinski definition) is 1. The van der Waals surface area contributed by atoms with Crippen LogP contribution < -0.4 is 0 Å². The Balaban J connectivity index is 2.34. The van der Waals surface area contributed by atoms with Crippen LogP contribution in [0.15, 0.2) is 35.1 Å². The number of halogens is 3. The first kappa shape index (κ1) is 13.5. The van der Waals surface area contributed by atoms with Gasteiger partial charge in [0, 0.05) is 12.7 Å². The molecule has 0 aliphatic carbocycles. The Morgan fingerprint density at radius 2 is 2.11 bits per heavy atom. The van der Waals surface area contributed by atoms with Crippen molar-refractivity contribution in [3.63, 3.8) is 0 Å². The SMILES string of the molecule is O=C(O)c1cc(Br)n(Cc2cccc(Cl)c2Cl)c1. The number of nitrogens with zero attached hydrogens (tertiary/aromatic N) is 1. The van der Waals surface area contributed by atoms with Crippen LogP contribution in [0, 0.1) is 0 Å². The summed E-state index contributed by atoms with van der Waals surface area (Å²) in [5, 5.41) is 9.87. The summed E-state index contributed by atoms with van der Waals surface area (Å²) < 4.78 is 2.43. The van der Waals surface area contributed by atoms with Gasteiger partial charge in [-0.2, -0.15) is 0 Å². The van der Waals surface area contributed by atoms with Crippen molar-refractivity contribution < 1.29 is 9.90 Å². The van der Waals surface area contributed by atoms with E-state index in [2.05, 4.69) is 15.9 Å². The first-order chi connectivity index (χ1) is 8.49. The second-order valence-corrected chi connectivity index (χ2v) is 5.30. The molecule has 1 aromatic carbocycles. The zero-order valence-corrected chi connectivity index (χ0v) is 12.1. The number of rotatable bonds is 3. The standard InChI is InChI=1S/C12H8BrCl2NO2/c13-10-4-8(12(17)18)6-16(10)5-7-2-1-3-9(14)11(7)15/h1-4,6H,5H2,(H,17,18). The highest BCUT2D eigenvalue weighted by Crippen LogP contribution is 2.27. The molecule has 2 rings (SSSR count). The summed E-state index contributed by atoms with van der Waals surface area (Å²) in [7, 11) is 0. The van der Waals surface area contributed by atoms with Gasteiger partial charge in [0.05, 0.1) is 20.2 Å². The van der Waals surface area contributed by atoms with Gasteiger partial charge in [-0.05, 0) is 33.6 Å². The molecular formula is C12H8BrCl2NO2. The van der Waals surface area contributed by atoms with E-state index in [1.165, 1.54) is 0 Å². The van der Waals surface area contributed by atoms with E-state index in [1.54, 1.807) is 29.0 Å². The minimum atomic E-state index is -0.966. The van der Waals surface area contributed by atoms with Crippen molar-refractivity contribution in [3.8, 4) is 0 Å². The third-order valence-electron chi connectivity index (χ3n) is 2.46. The number of carboxylic acids is 1. The summed E-state index contributed by atoms with van der Waals surface area (Å²) in [4.78, 5) is 10.9. The van der Waals surface area contributed by atoms with Crippen LogP contribution in [0.1, 0.15) is 15.9 Å². The molecule has 0 aliphatic heterocycles. The summed E-state index contributed by atoms with van der Waals surface area (Å²) in [6, 6.07) is 6.90. The summed E-state index contributed by atoms with van der Waals surface area (Å²) in [6.45, 7) is 0.452. The van der Waals surface area contributed by atoms with Crippen molar-refractivity contribution in [2.75, 3.05) is 0 Å². The molecule has 6 heteroatoms. The topological polar surface area (TPSA) is 42.2 Å². The van der Waals surface area contributed by atoms with Gasteiger partial charge >= 0.3 is 5.97 Å². The zero-order valence-electron chi connectivity index (χ0n) is 9.03.